The minimum absolute atomic E-state index is 0.122. The quantitative estimate of drug-likeness (QED) is 0.878. The number of rotatable bonds is 2. The summed E-state index contributed by atoms with van der Waals surface area (Å²) in [6.45, 7) is 1.97. The summed E-state index contributed by atoms with van der Waals surface area (Å²) in [5.41, 5.74) is 0.485. The highest BCUT2D eigenvalue weighted by atomic mass is 35.5. The van der Waals surface area contributed by atoms with Crippen LogP contribution in [-0.4, -0.2) is 25.0 Å². The Kier molecular flexibility index (Phi) is 4.87. The molecular formula is C13H16Cl2N2O. The zero-order valence-electron chi connectivity index (χ0n) is 10.0. The fourth-order valence-corrected chi connectivity index (χ4v) is 2.59. The molecule has 1 fully saturated rings. The van der Waals surface area contributed by atoms with E-state index < -0.39 is 0 Å². The Morgan fingerprint density at radius 2 is 2.11 bits per heavy atom. The molecule has 1 aromatic carbocycles. The predicted molar refractivity (Wildman–Crippen MR) is 74.4 cm³/mol. The van der Waals surface area contributed by atoms with Gasteiger partial charge in [-0.2, -0.15) is 0 Å². The van der Waals surface area contributed by atoms with Crippen molar-refractivity contribution in [2.45, 2.75) is 25.3 Å². The molecule has 2 N–H and O–H groups in total. The maximum Gasteiger partial charge on any atom is 0.253 e. The fourth-order valence-electron chi connectivity index (χ4n) is 2.10. The maximum absolute atomic E-state index is 12.1. The Hall–Kier alpha value is -0.770. The van der Waals surface area contributed by atoms with Gasteiger partial charge < -0.3 is 10.6 Å². The topological polar surface area (TPSA) is 41.1 Å². The van der Waals surface area contributed by atoms with Crippen molar-refractivity contribution in [2.24, 2.45) is 0 Å². The van der Waals surface area contributed by atoms with E-state index in [0.29, 0.717) is 15.6 Å². The van der Waals surface area contributed by atoms with Gasteiger partial charge in [0.15, 0.2) is 0 Å². The first-order valence-corrected chi connectivity index (χ1v) is 6.89. The molecule has 5 heteroatoms. The number of benzene rings is 1. The minimum atomic E-state index is -0.122. The monoisotopic (exact) mass is 286 g/mol. The number of carbonyl (C=O) groups is 1. The Bertz CT molecular complexity index is 429. The number of hydrogen-bond acceptors (Lipinski definition) is 2. The van der Waals surface area contributed by atoms with Crippen LogP contribution in [-0.2, 0) is 0 Å². The van der Waals surface area contributed by atoms with Crippen LogP contribution in [0.25, 0.3) is 0 Å². The third-order valence-electron chi connectivity index (χ3n) is 3.09. The summed E-state index contributed by atoms with van der Waals surface area (Å²) in [6, 6.07) is 5.15. The van der Waals surface area contributed by atoms with E-state index in [1.54, 1.807) is 18.2 Å². The van der Waals surface area contributed by atoms with E-state index in [9.17, 15) is 4.79 Å². The first-order valence-electron chi connectivity index (χ1n) is 6.13. The van der Waals surface area contributed by atoms with Crippen molar-refractivity contribution in [3.63, 3.8) is 0 Å². The smallest absolute Gasteiger partial charge is 0.253 e. The molecule has 1 amide bonds. The number of hydrogen-bond donors (Lipinski definition) is 2. The molecule has 1 aliphatic rings. The van der Waals surface area contributed by atoms with E-state index in [2.05, 4.69) is 10.6 Å². The lowest BCUT2D eigenvalue weighted by atomic mass is 10.1. The van der Waals surface area contributed by atoms with Gasteiger partial charge >= 0.3 is 0 Å². The average molecular weight is 287 g/mol. The largest absolute Gasteiger partial charge is 0.349 e. The highest BCUT2D eigenvalue weighted by Crippen LogP contribution is 2.21. The lowest BCUT2D eigenvalue weighted by Gasteiger charge is -2.16. The van der Waals surface area contributed by atoms with Crippen LogP contribution in [0.4, 0.5) is 0 Å². The van der Waals surface area contributed by atoms with E-state index >= 15 is 0 Å². The van der Waals surface area contributed by atoms with Crippen LogP contribution in [0, 0.1) is 0 Å². The van der Waals surface area contributed by atoms with E-state index in [4.69, 9.17) is 23.2 Å². The summed E-state index contributed by atoms with van der Waals surface area (Å²) >= 11 is 11.8. The molecule has 0 saturated carbocycles. The molecule has 18 heavy (non-hydrogen) atoms. The van der Waals surface area contributed by atoms with Gasteiger partial charge in [0.2, 0.25) is 0 Å². The molecule has 1 unspecified atom stereocenters. The van der Waals surface area contributed by atoms with Gasteiger partial charge in [0.05, 0.1) is 10.6 Å². The summed E-state index contributed by atoms with van der Waals surface area (Å²) in [7, 11) is 0. The van der Waals surface area contributed by atoms with E-state index in [1.807, 2.05) is 0 Å². The van der Waals surface area contributed by atoms with Gasteiger partial charge in [0.1, 0.15) is 0 Å². The lowest BCUT2D eigenvalue weighted by molar-refractivity contribution is 0.0934. The lowest BCUT2D eigenvalue weighted by Crippen LogP contribution is -2.35. The average Bonchev–Trinajstić information content (AvgIpc) is 2.57. The standard InChI is InChI=1S/C13H16Cl2N2O/c14-9-3-4-11(12(15)8-9)13(18)17-10-2-1-6-16-7-5-10/h3-4,8,10,16H,1-2,5-7H2,(H,17,18). The molecule has 1 heterocycles. The third kappa shape index (κ3) is 3.61. The molecule has 1 saturated heterocycles. The Morgan fingerprint density at radius 3 is 2.89 bits per heavy atom. The van der Waals surface area contributed by atoms with Crippen molar-refractivity contribution < 1.29 is 4.79 Å². The molecular weight excluding hydrogens is 271 g/mol. The van der Waals surface area contributed by atoms with Gasteiger partial charge in [-0.25, -0.2) is 0 Å². The minimum Gasteiger partial charge on any atom is -0.349 e. The van der Waals surface area contributed by atoms with Gasteiger partial charge in [-0.15, -0.1) is 0 Å². The van der Waals surface area contributed by atoms with Gasteiger partial charge in [0, 0.05) is 11.1 Å². The second-order valence-electron chi connectivity index (χ2n) is 4.48. The van der Waals surface area contributed by atoms with Crippen molar-refractivity contribution in [3.05, 3.63) is 33.8 Å². The molecule has 1 aliphatic heterocycles. The fraction of sp³-hybridized carbons (Fsp3) is 0.462. The van der Waals surface area contributed by atoms with Crippen LogP contribution in [0.5, 0.6) is 0 Å². The molecule has 0 bridgehead atoms. The van der Waals surface area contributed by atoms with Crippen molar-refractivity contribution in [1.29, 1.82) is 0 Å². The highest BCUT2D eigenvalue weighted by Gasteiger charge is 2.17. The Morgan fingerprint density at radius 1 is 1.28 bits per heavy atom. The zero-order chi connectivity index (χ0) is 13.0. The van der Waals surface area contributed by atoms with Crippen LogP contribution in [0.3, 0.4) is 0 Å². The molecule has 98 valence electrons. The van der Waals surface area contributed by atoms with Crippen LogP contribution in [0.1, 0.15) is 29.6 Å². The zero-order valence-corrected chi connectivity index (χ0v) is 11.5. The SMILES string of the molecule is O=C(NC1CCCNCC1)c1ccc(Cl)cc1Cl. The normalized spacial score (nSPS) is 20.2. The number of carbonyl (C=O) groups excluding carboxylic acids is 1. The summed E-state index contributed by atoms with van der Waals surface area (Å²) in [5, 5.41) is 7.28. The number of amides is 1. The van der Waals surface area contributed by atoms with Crippen molar-refractivity contribution >= 4 is 29.1 Å². The summed E-state index contributed by atoms with van der Waals surface area (Å²) in [4.78, 5) is 12.1. The summed E-state index contributed by atoms with van der Waals surface area (Å²) in [6.07, 6.45) is 3.04. The van der Waals surface area contributed by atoms with Gasteiger partial charge in [-0.05, 0) is 50.6 Å². The van der Waals surface area contributed by atoms with Crippen LogP contribution < -0.4 is 10.6 Å². The Labute approximate surface area is 117 Å². The van der Waals surface area contributed by atoms with E-state index in [-0.39, 0.29) is 11.9 Å². The summed E-state index contributed by atoms with van der Waals surface area (Å²) < 4.78 is 0. The highest BCUT2D eigenvalue weighted by molar-refractivity contribution is 6.36. The molecule has 0 radical (unpaired) electrons. The second kappa shape index (κ2) is 6.41. The van der Waals surface area contributed by atoms with Crippen LogP contribution in [0.15, 0.2) is 18.2 Å². The molecule has 1 aromatic rings. The molecule has 0 aromatic heterocycles. The first-order chi connectivity index (χ1) is 8.66. The summed E-state index contributed by atoms with van der Waals surface area (Å²) in [5.74, 6) is -0.122. The third-order valence-corrected chi connectivity index (χ3v) is 3.63. The van der Waals surface area contributed by atoms with Crippen molar-refractivity contribution in [3.8, 4) is 0 Å². The maximum atomic E-state index is 12.1. The first kappa shape index (κ1) is 13.7. The van der Waals surface area contributed by atoms with E-state index in [1.165, 1.54) is 0 Å². The molecule has 0 aliphatic carbocycles. The van der Waals surface area contributed by atoms with Crippen molar-refractivity contribution in [2.75, 3.05) is 13.1 Å². The van der Waals surface area contributed by atoms with Gasteiger partial charge in [-0.1, -0.05) is 23.2 Å². The van der Waals surface area contributed by atoms with Crippen molar-refractivity contribution in [1.82, 2.24) is 10.6 Å². The molecule has 2 rings (SSSR count). The van der Waals surface area contributed by atoms with Gasteiger partial charge in [0.25, 0.3) is 5.91 Å². The molecule has 3 nitrogen and oxygen atoms in total. The Balaban J connectivity index is 2.02. The van der Waals surface area contributed by atoms with Crippen LogP contribution >= 0.6 is 23.2 Å². The number of nitrogens with one attached hydrogen (secondary N) is 2. The molecule has 1 atom stereocenters. The predicted octanol–water partition coefficient (Wildman–Crippen LogP) is 2.87. The van der Waals surface area contributed by atoms with Gasteiger partial charge in [-0.3, -0.25) is 4.79 Å². The van der Waals surface area contributed by atoms with Crippen LogP contribution in [0.2, 0.25) is 10.0 Å². The second-order valence-corrected chi connectivity index (χ2v) is 5.32. The number of halogens is 2. The van der Waals surface area contributed by atoms with E-state index in [0.717, 1.165) is 32.4 Å². The molecule has 0 spiro atoms.